The van der Waals surface area contributed by atoms with E-state index in [0.717, 1.165) is 5.56 Å². The fraction of sp³-hybridized carbons (Fsp3) is 0.125. The van der Waals surface area contributed by atoms with Crippen LogP contribution in [0.2, 0.25) is 0 Å². The van der Waals surface area contributed by atoms with E-state index in [-0.39, 0.29) is 6.61 Å². The molecule has 2 rings (SSSR count). The van der Waals surface area contributed by atoms with E-state index < -0.39 is 11.7 Å². The van der Waals surface area contributed by atoms with Crippen molar-refractivity contribution in [3.63, 3.8) is 0 Å². The largest absolute Gasteiger partial charge is 0.484 e. The second-order valence-corrected chi connectivity index (χ2v) is 4.42. The van der Waals surface area contributed by atoms with Crippen molar-refractivity contribution in [3.8, 4) is 5.75 Å². The van der Waals surface area contributed by atoms with Gasteiger partial charge in [0.25, 0.3) is 5.91 Å². The van der Waals surface area contributed by atoms with E-state index in [1.54, 1.807) is 30.3 Å². The van der Waals surface area contributed by atoms with Crippen LogP contribution in [0.4, 0.5) is 4.39 Å². The second-order valence-electron chi connectivity index (χ2n) is 4.42. The minimum absolute atomic E-state index is 0.155. The SMILES string of the molecule is Cc1ccc(OCC(=O)NN=Cc2ccccc2F)cc1. The van der Waals surface area contributed by atoms with E-state index in [0.29, 0.717) is 11.3 Å². The molecule has 0 radical (unpaired) electrons. The van der Waals surface area contributed by atoms with Crippen LogP contribution in [0.15, 0.2) is 53.6 Å². The molecule has 0 unspecified atom stereocenters. The van der Waals surface area contributed by atoms with Gasteiger partial charge < -0.3 is 4.74 Å². The summed E-state index contributed by atoms with van der Waals surface area (Å²) in [6.45, 7) is 1.81. The summed E-state index contributed by atoms with van der Waals surface area (Å²) in [4.78, 5) is 11.5. The Labute approximate surface area is 122 Å². The van der Waals surface area contributed by atoms with Crippen LogP contribution in [-0.4, -0.2) is 18.7 Å². The van der Waals surface area contributed by atoms with Crippen molar-refractivity contribution in [3.05, 3.63) is 65.5 Å². The Kier molecular flexibility index (Phi) is 5.04. The third-order valence-electron chi connectivity index (χ3n) is 2.69. The number of nitrogens with zero attached hydrogens (tertiary/aromatic N) is 1. The first-order valence-corrected chi connectivity index (χ1v) is 6.41. The fourth-order valence-electron chi connectivity index (χ4n) is 1.57. The molecule has 4 nitrogen and oxygen atoms in total. The molecule has 1 N–H and O–H groups in total. The maximum Gasteiger partial charge on any atom is 0.277 e. The highest BCUT2D eigenvalue weighted by Gasteiger charge is 2.01. The highest BCUT2D eigenvalue weighted by molar-refractivity contribution is 5.83. The smallest absolute Gasteiger partial charge is 0.277 e. The molecule has 21 heavy (non-hydrogen) atoms. The first-order chi connectivity index (χ1) is 10.1. The van der Waals surface area contributed by atoms with Crippen molar-refractivity contribution < 1.29 is 13.9 Å². The number of nitrogens with one attached hydrogen (secondary N) is 1. The first kappa shape index (κ1) is 14.7. The number of hydrogen-bond donors (Lipinski definition) is 1. The Morgan fingerprint density at radius 2 is 1.95 bits per heavy atom. The highest BCUT2D eigenvalue weighted by atomic mass is 19.1. The van der Waals surface area contributed by atoms with E-state index in [1.165, 1.54) is 12.3 Å². The zero-order valence-corrected chi connectivity index (χ0v) is 11.5. The quantitative estimate of drug-likeness (QED) is 0.678. The number of aryl methyl sites for hydroxylation is 1. The normalized spacial score (nSPS) is 10.6. The van der Waals surface area contributed by atoms with Gasteiger partial charge in [-0.2, -0.15) is 5.10 Å². The van der Waals surface area contributed by atoms with Gasteiger partial charge in [-0.3, -0.25) is 4.79 Å². The molecule has 0 aliphatic rings. The minimum atomic E-state index is -0.414. The van der Waals surface area contributed by atoms with Crippen LogP contribution in [0.3, 0.4) is 0 Å². The van der Waals surface area contributed by atoms with Crippen LogP contribution in [0, 0.1) is 12.7 Å². The average Bonchev–Trinajstić information content (AvgIpc) is 2.49. The molecule has 0 aliphatic carbocycles. The van der Waals surface area contributed by atoms with Gasteiger partial charge in [0.2, 0.25) is 0 Å². The van der Waals surface area contributed by atoms with Gasteiger partial charge in [-0.1, -0.05) is 35.9 Å². The lowest BCUT2D eigenvalue weighted by atomic mass is 10.2. The standard InChI is InChI=1S/C16H15FN2O2/c1-12-6-8-14(9-7-12)21-11-16(20)19-18-10-13-4-2-3-5-15(13)17/h2-10H,11H2,1H3,(H,19,20). The molecule has 0 aromatic heterocycles. The summed E-state index contributed by atoms with van der Waals surface area (Å²) in [5, 5.41) is 3.68. The molecule has 0 fully saturated rings. The molecule has 0 aliphatic heterocycles. The van der Waals surface area contributed by atoms with Crippen LogP contribution >= 0.6 is 0 Å². The summed E-state index contributed by atoms with van der Waals surface area (Å²) in [6.07, 6.45) is 1.25. The number of hydrazone groups is 1. The molecule has 0 saturated carbocycles. The number of benzene rings is 2. The van der Waals surface area contributed by atoms with Crippen LogP contribution in [0.25, 0.3) is 0 Å². The Hall–Kier alpha value is -2.69. The molecule has 108 valence electrons. The van der Waals surface area contributed by atoms with Crippen LogP contribution < -0.4 is 10.2 Å². The average molecular weight is 286 g/mol. The van der Waals surface area contributed by atoms with Crippen molar-refractivity contribution in [2.24, 2.45) is 5.10 Å². The molecular weight excluding hydrogens is 271 g/mol. The molecular formula is C16H15FN2O2. The van der Waals surface area contributed by atoms with Gasteiger partial charge in [0.05, 0.1) is 6.21 Å². The van der Waals surface area contributed by atoms with Gasteiger partial charge in [-0.05, 0) is 25.1 Å². The lowest BCUT2D eigenvalue weighted by Gasteiger charge is -2.05. The predicted octanol–water partition coefficient (Wildman–Crippen LogP) is 2.66. The van der Waals surface area contributed by atoms with Crippen molar-refractivity contribution in [1.29, 1.82) is 0 Å². The maximum absolute atomic E-state index is 13.3. The summed E-state index contributed by atoms with van der Waals surface area (Å²) in [5.74, 6) is -0.205. The molecule has 0 bridgehead atoms. The van der Waals surface area contributed by atoms with Crippen LogP contribution in [0.5, 0.6) is 5.75 Å². The zero-order valence-electron chi connectivity index (χ0n) is 11.5. The monoisotopic (exact) mass is 286 g/mol. The zero-order chi connectivity index (χ0) is 15.1. The summed E-state index contributed by atoms with van der Waals surface area (Å²) >= 11 is 0. The Bertz CT molecular complexity index is 639. The molecule has 2 aromatic rings. The number of carbonyl (C=O) groups is 1. The first-order valence-electron chi connectivity index (χ1n) is 6.41. The highest BCUT2D eigenvalue weighted by Crippen LogP contribution is 2.10. The van der Waals surface area contributed by atoms with Gasteiger partial charge >= 0.3 is 0 Å². The number of rotatable bonds is 5. The van der Waals surface area contributed by atoms with Crippen molar-refractivity contribution in [2.75, 3.05) is 6.61 Å². The summed E-state index contributed by atoms with van der Waals surface area (Å²) in [7, 11) is 0. The molecule has 1 amide bonds. The number of hydrogen-bond acceptors (Lipinski definition) is 3. The summed E-state index contributed by atoms with van der Waals surface area (Å²) < 4.78 is 18.6. The third kappa shape index (κ3) is 4.72. The molecule has 0 spiro atoms. The lowest BCUT2D eigenvalue weighted by Crippen LogP contribution is -2.24. The van der Waals surface area contributed by atoms with Gasteiger partial charge in [0.1, 0.15) is 11.6 Å². The topological polar surface area (TPSA) is 50.7 Å². The van der Waals surface area contributed by atoms with E-state index in [9.17, 15) is 9.18 Å². The number of ether oxygens (including phenoxy) is 1. The Balaban J connectivity index is 1.80. The summed E-state index contributed by atoms with van der Waals surface area (Å²) in [6, 6.07) is 13.5. The fourth-order valence-corrected chi connectivity index (χ4v) is 1.57. The third-order valence-corrected chi connectivity index (χ3v) is 2.69. The van der Waals surface area contributed by atoms with E-state index in [2.05, 4.69) is 10.5 Å². The number of carbonyl (C=O) groups excluding carboxylic acids is 1. The molecule has 5 heteroatoms. The van der Waals surface area contributed by atoms with Crippen molar-refractivity contribution >= 4 is 12.1 Å². The van der Waals surface area contributed by atoms with Crippen LogP contribution in [-0.2, 0) is 4.79 Å². The van der Waals surface area contributed by atoms with Crippen molar-refractivity contribution in [2.45, 2.75) is 6.92 Å². The Morgan fingerprint density at radius 1 is 1.24 bits per heavy atom. The van der Waals surface area contributed by atoms with Gasteiger partial charge in [0, 0.05) is 5.56 Å². The molecule has 0 saturated heterocycles. The second kappa shape index (κ2) is 7.19. The van der Waals surface area contributed by atoms with Gasteiger partial charge in [-0.15, -0.1) is 0 Å². The summed E-state index contributed by atoms with van der Waals surface area (Å²) in [5.41, 5.74) is 3.69. The van der Waals surface area contributed by atoms with E-state index in [4.69, 9.17) is 4.74 Å². The van der Waals surface area contributed by atoms with E-state index >= 15 is 0 Å². The van der Waals surface area contributed by atoms with Crippen molar-refractivity contribution in [1.82, 2.24) is 5.43 Å². The Morgan fingerprint density at radius 3 is 2.67 bits per heavy atom. The molecule has 0 atom stereocenters. The molecule has 0 heterocycles. The maximum atomic E-state index is 13.3. The van der Waals surface area contributed by atoms with Crippen LogP contribution in [0.1, 0.15) is 11.1 Å². The van der Waals surface area contributed by atoms with Gasteiger partial charge in [-0.25, -0.2) is 9.82 Å². The predicted molar refractivity (Wildman–Crippen MR) is 78.8 cm³/mol. The van der Waals surface area contributed by atoms with E-state index in [1.807, 2.05) is 19.1 Å². The lowest BCUT2D eigenvalue weighted by molar-refractivity contribution is -0.123. The number of amides is 1. The molecule has 2 aromatic carbocycles. The number of halogens is 1. The minimum Gasteiger partial charge on any atom is -0.484 e. The van der Waals surface area contributed by atoms with Gasteiger partial charge in [0.15, 0.2) is 6.61 Å².